The average molecular weight is 345 g/mol. The summed E-state index contributed by atoms with van der Waals surface area (Å²) in [6.07, 6.45) is 0. The van der Waals surface area contributed by atoms with Crippen molar-refractivity contribution in [3.63, 3.8) is 0 Å². The standard InChI is InChI=1S/C18H23N3O4/c1-10(2)21-9-14-15(17(21)22)16(19-18(23)20(14)3)11-6-12(24-4)8-13(7-11)25-5/h6-8,10,16H,9H2,1-5H3,(H,19,23)/t16-/m0/s1. The van der Waals surface area contributed by atoms with Gasteiger partial charge in [-0.3, -0.25) is 9.69 Å². The van der Waals surface area contributed by atoms with Gasteiger partial charge in [-0.15, -0.1) is 0 Å². The minimum absolute atomic E-state index is 0.0522. The first kappa shape index (κ1) is 17.1. The summed E-state index contributed by atoms with van der Waals surface area (Å²) in [5.74, 6) is 1.16. The summed E-state index contributed by atoms with van der Waals surface area (Å²) in [5.41, 5.74) is 2.10. The Morgan fingerprint density at radius 1 is 1.12 bits per heavy atom. The molecule has 1 N–H and O–H groups in total. The van der Waals surface area contributed by atoms with E-state index in [1.807, 2.05) is 26.0 Å². The number of methoxy groups -OCH3 is 2. The van der Waals surface area contributed by atoms with E-state index in [1.54, 1.807) is 32.2 Å². The Morgan fingerprint density at radius 2 is 1.72 bits per heavy atom. The topological polar surface area (TPSA) is 71.1 Å². The number of hydrogen-bond donors (Lipinski definition) is 1. The number of benzene rings is 1. The van der Waals surface area contributed by atoms with Crippen molar-refractivity contribution in [2.24, 2.45) is 0 Å². The van der Waals surface area contributed by atoms with Gasteiger partial charge in [0.05, 0.1) is 38.1 Å². The van der Waals surface area contributed by atoms with E-state index < -0.39 is 6.04 Å². The summed E-state index contributed by atoms with van der Waals surface area (Å²) in [4.78, 5) is 28.6. The molecule has 0 spiro atoms. The maximum absolute atomic E-state index is 13.0. The molecule has 0 saturated carbocycles. The van der Waals surface area contributed by atoms with Crippen LogP contribution in [0.2, 0.25) is 0 Å². The Labute approximate surface area is 147 Å². The Morgan fingerprint density at radius 3 is 2.24 bits per heavy atom. The highest BCUT2D eigenvalue weighted by Crippen LogP contribution is 2.38. The molecule has 7 nitrogen and oxygen atoms in total. The molecule has 0 radical (unpaired) electrons. The van der Waals surface area contributed by atoms with Gasteiger partial charge in [-0.1, -0.05) is 0 Å². The minimum atomic E-state index is -0.529. The average Bonchev–Trinajstić information content (AvgIpc) is 2.95. The maximum Gasteiger partial charge on any atom is 0.322 e. The van der Waals surface area contributed by atoms with Crippen molar-refractivity contribution in [1.82, 2.24) is 15.1 Å². The van der Waals surface area contributed by atoms with Gasteiger partial charge in [0.1, 0.15) is 11.5 Å². The highest BCUT2D eigenvalue weighted by molar-refractivity contribution is 6.01. The molecule has 0 unspecified atom stereocenters. The van der Waals surface area contributed by atoms with Crippen molar-refractivity contribution in [3.05, 3.63) is 35.0 Å². The number of carbonyl (C=O) groups is 2. The third-order valence-electron chi connectivity index (χ3n) is 4.72. The molecule has 0 saturated heterocycles. The summed E-state index contributed by atoms with van der Waals surface area (Å²) >= 11 is 0. The van der Waals surface area contributed by atoms with Crippen molar-refractivity contribution in [2.45, 2.75) is 25.9 Å². The minimum Gasteiger partial charge on any atom is -0.497 e. The van der Waals surface area contributed by atoms with Crippen LogP contribution in [0.4, 0.5) is 4.79 Å². The highest BCUT2D eigenvalue weighted by atomic mass is 16.5. The fourth-order valence-corrected chi connectivity index (χ4v) is 3.25. The molecule has 0 aromatic heterocycles. The predicted molar refractivity (Wildman–Crippen MR) is 92.5 cm³/mol. The number of amides is 3. The Hall–Kier alpha value is -2.70. The van der Waals surface area contributed by atoms with E-state index in [1.165, 1.54) is 4.90 Å². The van der Waals surface area contributed by atoms with E-state index in [9.17, 15) is 9.59 Å². The zero-order valence-corrected chi connectivity index (χ0v) is 15.1. The lowest BCUT2D eigenvalue weighted by atomic mass is 9.95. The predicted octanol–water partition coefficient (Wildman–Crippen LogP) is 1.90. The molecule has 0 fully saturated rings. The lowest BCUT2D eigenvalue weighted by Gasteiger charge is -2.31. The van der Waals surface area contributed by atoms with E-state index in [-0.39, 0.29) is 18.0 Å². The number of urea groups is 1. The summed E-state index contributed by atoms with van der Waals surface area (Å²) in [6.45, 7) is 4.37. The number of rotatable bonds is 4. The first-order valence-electron chi connectivity index (χ1n) is 8.18. The van der Waals surface area contributed by atoms with Gasteiger partial charge in [0.25, 0.3) is 5.91 Å². The molecular formula is C18H23N3O4. The summed E-state index contributed by atoms with van der Waals surface area (Å²) in [6, 6.07) is 4.68. The van der Waals surface area contributed by atoms with Crippen molar-refractivity contribution in [1.29, 1.82) is 0 Å². The van der Waals surface area contributed by atoms with Crippen LogP contribution in [0.1, 0.15) is 25.5 Å². The largest absolute Gasteiger partial charge is 0.497 e. The van der Waals surface area contributed by atoms with Gasteiger partial charge in [0, 0.05) is 19.2 Å². The van der Waals surface area contributed by atoms with Gasteiger partial charge >= 0.3 is 6.03 Å². The Balaban J connectivity index is 2.10. The van der Waals surface area contributed by atoms with Crippen molar-refractivity contribution in [3.8, 4) is 11.5 Å². The fourth-order valence-electron chi connectivity index (χ4n) is 3.25. The van der Waals surface area contributed by atoms with Gasteiger partial charge in [0.2, 0.25) is 0 Å². The van der Waals surface area contributed by atoms with Crippen LogP contribution in [0.15, 0.2) is 29.5 Å². The van der Waals surface area contributed by atoms with Gasteiger partial charge in [-0.05, 0) is 31.5 Å². The Kier molecular flexibility index (Phi) is 4.32. The molecule has 3 rings (SSSR count). The van der Waals surface area contributed by atoms with Crippen molar-refractivity contribution < 1.29 is 19.1 Å². The normalized spacial score (nSPS) is 20.2. The molecule has 1 aromatic carbocycles. The fraction of sp³-hybridized carbons (Fsp3) is 0.444. The molecule has 134 valence electrons. The van der Waals surface area contributed by atoms with E-state index in [2.05, 4.69) is 5.32 Å². The van der Waals surface area contributed by atoms with Crippen LogP contribution in [0.5, 0.6) is 11.5 Å². The second kappa shape index (κ2) is 6.31. The first-order chi connectivity index (χ1) is 11.9. The molecule has 2 aliphatic heterocycles. The molecule has 1 atom stereocenters. The second-order valence-corrected chi connectivity index (χ2v) is 6.47. The Bertz CT molecular complexity index is 734. The molecular weight excluding hydrogens is 322 g/mol. The van der Waals surface area contributed by atoms with Gasteiger partial charge in [-0.25, -0.2) is 4.79 Å². The summed E-state index contributed by atoms with van der Waals surface area (Å²) in [7, 11) is 4.82. The molecule has 25 heavy (non-hydrogen) atoms. The quantitative estimate of drug-likeness (QED) is 0.905. The number of likely N-dealkylation sites (N-methyl/N-ethyl adjacent to an activating group) is 1. The molecule has 3 amide bonds. The van der Waals surface area contributed by atoms with Crippen LogP contribution in [0.25, 0.3) is 0 Å². The van der Waals surface area contributed by atoms with Gasteiger partial charge in [0.15, 0.2) is 0 Å². The smallest absolute Gasteiger partial charge is 0.322 e. The van der Waals surface area contributed by atoms with Crippen LogP contribution in [-0.4, -0.2) is 55.6 Å². The molecule has 7 heteroatoms. The number of hydrogen-bond acceptors (Lipinski definition) is 4. The van der Waals surface area contributed by atoms with Crippen LogP contribution < -0.4 is 14.8 Å². The van der Waals surface area contributed by atoms with E-state index in [0.717, 1.165) is 11.3 Å². The number of ether oxygens (including phenoxy) is 2. The van der Waals surface area contributed by atoms with E-state index in [4.69, 9.17) is 9.47 Å². The first-order valence-corrected chi connectivity index (χ1v) is 8.18. The van der Waals surface area contributed by atoms with Gasteiger partial charge < -0.3 is 19.7 Å². The van der Waals surface area contributed by atoms with E-state index >= 15 is 0 Å². The number of nitrogens with one attached hydrogen (secondary N) is 1. The SMILES string of the molecule is COc1cc(OC)cc([C@@H]2NC(=O)N(C)C3=C2C(=O)N(C(C)C)C3)c1. The van der Waals surface area contributed by atoms with Crippen LogP contribution in [0, 0.1) is 0 Å². The van der Waals surface area contributed by atoms with Crippen molar-refractivity contribution >= 4 is 11.9 Å². The lowest BCUT2D eigenvalue weighted by Crippen LogP contribution is -2.45. The molecule has 2 aliphatic rings. The summed E-state index contributed by atoms with van der Waals surface area (Å²) in [5, 5.41) is 2.92. The lowest BCUT2D eigenvalue weighted by molar-refractivity contribution is -0.127. The van der Waals surface area contributed by atoms with Crippen LogP contribution >= 0.6 is 0 Å². The molecule has 0 bridgehead atoms. The third kappa shape index (κ3) is 2.79. The van der Waals surface area contributed by atoms with Crippen molar-refractivity contribution in [2.75, 3.05) is 27.8 Å². The third-order valence-corrected chi connectivity index (χ3v) is 4.72. The highest BCUT2D eigenvalue weighted by Gasteiger charge is 2.43. The molecule has 2 heterocycles. The maximum atomic E-state index is 13.0. The molecule has 1 aromatic rings. The van der Waals surface area contributed by atoms with Gasteiger partial charge in [-0.2, -0.15) is 0 Å². The number of nitrogens with zero attached hydrogens (tertiary/aromatic N) is 2. The monoisotopic (exact) mass is 345 g/mol. The second-order valence-electron chi connectivity index (χ2n) is 6.47. The molecule has 0 aliphatic carbocycles. The zero-order valence-electron chi connectivity index (χ0n) is 15.1. The van der Waals surface area contributed by atoms with Crippen LogP contribution in [0.3, 0.4) is 0 Å². The van der Waals surface area contributed by atoms with E-state index in [0.29, 0.717) is 23.6 Å². The van der Waals surface area contributed by atoms with Crippen LogP contribution in [-0.2, 0) is 4.79 Å². The zero-order chi connectivity index (χ0) is 18.3. The number of carbonyl (C=O) groups excluding carboxylic acids is 2. The summed E-state index contributed by atoms with van der Waals surface area (Å²) < 4.78 is 10.6.